The number of ether oxygens (including phenoxy) is 3. The summed E-state index contributed by atoms with van der Waals surface area (Å²) in [6, 6.07) is 17.2. The highest BCUT2D eigenvalue weighted by atomic mass is 28.4. The molecular weight excluding hydrogens is 586 g/mol. The summed E-state index contributed by atoms with van der Waals surface area (Å²) in [5.74, 6) is 1.81. The van der Waals surface area contributed by atoms with Gasteiger partial charge in [-0.15, -0.1) is 0 Å². The van der Waals surface area contributed by atoms with E-state index in [9.17, 15) is 4.79 Å². The van der Waals surface area contributed by atoms with Gasteiger partial charge in [-0.1, -0.05) is 63.3 Å². The molecule has 0 aliphatic heterocycles. The fourth-order valence-corrected chi connectivity index (χ4v) is 7.63. The predicted molar refractivity (Wildman–Crippen MR) is 184 cm³/mol. The summed E-state index contributed by atoms with van der Waals surface area (Å²) in [6.07, 6.45) is 11.7. The lowest BCUT2D eigenvalue weighted by atomic mass is 10.1. The van der Waals surface area contributed by atoms with Crippen LogP contribution in [0.2, 0.25) is 6.04 Å². The fraction of sp³-hybridized carbons (Fsp3) is 0.639. The number of amides is 1. The molecule has 1 N–H and O–H groups in total. The van der Waals surface area contributed by atoms with Crippen molar-refractivity contribution < 1.29 is 32.3 Å². The van der Waals surface area contributed by atoms with E-state index in [1.165, 1.54) is 32.1 Å². The number of hydrogen-bond acceptors (Lipinski definition) is 7. The normalized spacial score (nSPS) is 11.4. The van der Waals surface area contributed by atoms with E-state index in [4.69, 9.17) is 27.5 Å². The van der Waals surface area contributed by atoms with Crippen molar-refractivity contribution in [1.82, 2.24) is 5.32 Å². The molecule has 1 amide bonds. The maximum atomic E-state index is 12.0. The first kappa shape index (κ1) is 38.6. The molecule has 2 rings (SSSR count). The van der Waals surface area contributed by atoms with Crippen LogP contribution >= 0.6 is 0 Å². The van der Waals surface area contributed by atoms with Crippen LogP contribution in [0.5, 0.6) is 11.5 Å². The van der Waals surface area contributed by atoms with Gasteiger partial charge in [-0.05, 0) is 94.7 Å². The van der Waals surface area contributed by atoms with E-state index in [-0.39, 0.29) is 6.09 Å². The first-order valence-electron chi connectivity index (χ1n) is 17.3. The highest BCUT2D eigenvalue weighted by Gasteiger charge is 2.39. The molecule has 0 bridgehead atoms. The van der Waals surface area contributed by atoms with Crippen molar-refractivity contribution in [3.63, 3.8) is 0 Å². The van der Waals surface area contributed by atoms with Crippen LogP contribution in [-0.4, -0.2) is 61.1 Å². The number of hydrogen-bond donors (Lipinski definition) is 1. The molecule has 45 heavy (non-hydrogen) atoms. The largest absolute Gasteiger partial charge is 0.500 e. The van der Waals surface area contributed by atoms with Gasteiger partial charge < -0.3 is 32.8 Å². The predicted octanol–water partition coefficient (Wildman–Crippen LogP) is 9.20. The minimum absolute atomic E-state index is 0.383. The third kappa shape index (κ3) is 17.1. The summed E-state index contributed by atoms with van der Waals surface area (Å²) in [4.78, 5) is 12.0. The van der Waals surface area contributed by atoms with Crippen LogP contribution in [0, 0.1) is 0 Å². The second-order valence-electron chi connectivity index (χ2n) is 11.1. The Morgan fingerprint density at radius 3 is 1.49 bits per heavy atom. The summed E-state index contributed by atoms with van der Waals surface area (Å²) in [6.45, 7) is 12.1. The number of carbonyl (C=O) groups is 1. The van der Waals surface area contributed by atoms with Gasteiger partial charge in [-0.2, -0.15) is 0 Å². The Bertz CT molecular complexity index is 986. The van der Waals surface area contributed by atoms with Crippen LogP contribution < -0.4 is 14.8 Å². The van der Waals surface area contributed by atoms with Gasteiger partial charge in [0.25, 0.3) is 0 Å². The van der Waals surface area contributed by atoms with E-state index >= 15 is 0 Å². The van der Waals surface area contributed by atoms with Crippen molar-refractivity contribution in [1.29, 1.82) is 0 Å². The van der Waals surface area contributed by atoms with Crippen molar-refractivity contribution in [2.45, 2.75) is 104 Å². The molecule has 9 heteroatoms. The molecule has 0 saturated carbocycles. The molecule has 0 fully saturated rings. The molecule has 0 aliphatic rings. The van der Waals surface area contributed by atoms with Gasteiger partial charge in [-0.3, -0.25) is 0 Å². The Kier molecular flexibility index (Phi) is 21.1. The molecule has 0 spiro atoms. The van der Waals surface area contributed by atoms with E-state index < -0.39 is 8.80 Å². The van der Waals surface area contributed by atoms with Crippen LogP contribution in [-0.2, 0) is 18.0 Å². The molecule has 2 aromatic rings. The van der Waals surface area contributed by atoms with Gasteiger partial charge in [0.1, 0.15) is 11.5 Å². The smallest absolute Gasteiger partial charge is 0.494 e. The molecule has 0 heterocycles. The maximum Gasteiger partial charge on any atom is 0.500 e. The van der Waals surface area contributed by atoms with Gasteiger partial charge in [0.05, 0.1) is 19.8 Å². The minimum Gasteiger partial charge on any atom is -0.494 e. The quantitative estimate of drug-likeness (QED) is 0.0766. The van der Waals surface area contributed by atoms with Crippen LogP contribution in [0.3, 0.4) is 0 Å². The number of nitrogens with one attached hydrogen (secondary N) is 1. The zero-order valence-electron chi connectivity index (χ0n) is 28.4. The number of carbonyl (C=O) groups excluding carboxylic acids is 1. The van der Waals surface area contributed by atoms with Crippen molar-refractivity contribution >= 4 is 14.9 Å². The fourth-order valence-electron chi connectivity index (χ4n) is 5.02. The topological polar surface area (TPSA) is 84.5 Å². The third-order valence-electron chi connectivity index (χ3n) is 7.37. The van der Waals surface area contributed by atoms with Crippen LogP contribution in [0.1, 0.15) is 98.3 Å². The molecule has 0 radical (unpaired) electrons. The van der Waals surface area contributed by atoms with E-state index in [1.54, 1.807) is 0 Å². The molecule has 0 aromatic heterocycles. The number of alkyl carbamates (subject to hydrolysis) is 1. The maximum absolute atomic E-state index is 12.0. The summed E-state index contributed by atoms with van der Waals surface area (Å²) < 4.78 is 34.7. The Morgan fingerprint density at radius 1 is 0.578 bits per heavy atom. The van der Waals surface area contributed by atoms with Crippen molar-refractivity contribution in [2.24, 2.45) is 0 Å². The molecule has 0 saturated heterocycles. The highest BCUT2D eigenvalue weighted by molar-refractivity contribution is 6.60. The van der Waals surface area contributed by atoms with E-state index in [0.717, 1.165) is 61.3 Å². The van der Waals surface area contributed by atoms with Crippen molar-refractivity contribution in [3.05, 3.63) is 48.5 Å². The van der Waals surface area contributed by atoms with E-state index in [1.807, 2.05) is 32.9 Å². The summed E-state index contributed by atoms with van der Waals surface area (Å²) >= 11 is 0. The van der Waals surface area contributed by atoms with Gasteiger partial charge in [-0.25, -0.2) is 4.79 Å². The zero-order valence-corrected chi connectivity index (χ0v) is 29.4. The number of benzene rings is 2. The van der Waals surface area contributed by atoms with Gasteiger partial charge in [0.2, 0.25) is 0 Å². The first-order valence-corrected chi connectivity index (χ1v) is 19.3. The molecule has 8 nitrogen and oxygen atoms in total. The van der Waals surface area contributed by atoms with Gasteiger partial charge in [0.15, 0.2) is 0 Å². The molecule has 0 atom stereocenters. The van der Waals surface area contributed by atoms with Gasteiger partial charge in [0, 0.05) is 32.4 Å². The first-order chi connectivity index (χ1) is 22.1. The zero-order chi connectivity index (χ0) is 32.4. The summed E-state index contributed by atoms with van der Waals surface area (Å²) in [7, 11) is -2.67. The lowest BCUT2D eigenvalue weighted by Gasteiger charge is -2.28. The average Bonchev–Trinajstić information content (AvgIpc) is 3.05. The average molecular weight is 646 g/mol. The summed E-state index contributed by atoms with van der Waals surface area (Å²) in [5.41, 5.74) is 2.32. The standard InChI is InChI=1S/C36H59NO7Si/c1-5-9-10-11-12-15-28-39-34-23-19-32(20-24-34)33-21-25-35(26-22-33)40-29-16-13-14-17-30-41-36(38)37-27-18-31-45(42-6-2,43-7-3)44-8-4/h19-26H,5-18,27-31H2,1-4H3,(H,37,38). The van der Waals surface area contributed by atoms with E-state index in [2.05, 4.69) is 48.6 Å². The van der Waals surface area contributed by atoms with Crippen molar-refractivity contribution in [2.75, 3.05) is 46.2 Å². The second kappa shape index (κ2) is 24.6. The number of rotatable bonds is 27. The Balaban J connectivity index is 1.51. The second-order valence-corrected chi connectivity index (χ2v) is 13.8. The van der Waals surface area contributed by atoms with Crippen LogP contribution in [0.15, 0.2) is 48.5 Å². The van der Waals surface area contributed by atoms with Crippen LogP contribution in [0.4, 0.5) is 4.79 Å². The Hall–Kier alpha value is -2.59. The molecule has 0 unspecified atom stereocenters. The monoisotopic (exact) mass is 645 g/mol. The van der Waals surface area contributed by atoms with E-state index in [0.29, 0.717) is 52.0 Å². The highest BCUT2D eigenvalue weighted by Crippen LogP contribution is 2.25. The number of unbranched alkanes of at least 4 members (excludes halogenated alkanes) is 8. The Labute approximate surface area is 273 Å². The molecular formula is C36H59NO7Si. The molecule has 2 aromatic carbocycles. The summed E-state index contributed by atoms with van der Waals surface area (Å²) in [5, 5.41) is 2.81. The lowest BCUT2D eigenvalue weighted by Crippen LogP contribution is -2.46. The van der Waals surface area contributed by atoms with Gasteiger partial charge >= 0.3 is 14.9 Å². The molecule has 0 aliphatic carbocycles. The SMILES string of the molecule is CCCCCCCCOc1ccc(-c2ccc(OCCCCCCOC(=O)NCCC[Si](OCC)(OCC)OCC)cc2)cc1. The van der Waals surface area contributed by atoms with Crippen LogP contribution in [0.25, 0.3) is 11.1 Å². The Morgan fingerprint density at radius 2 is 1.02 bits per heavy atom. The minimum atomic E-state index is -2.67. The molecule has 254 valence electrons. The van der Waals surface area contributed by atoms with Crippen molar-refractivity contribution in [3.8, 4) is 22.6 Å². The lowest BCUT2D eigenvalue weighted by molar-refractivity contribution is 0.0706. The third-order valence-corrected chi connectivity index (χ3v) is 10.5.